The number of nitrogens with one attached hydrogen (secondary N) is 1. The quantitative estimate of drug-likeness (QED) is 0.339. The molecule has 7 nitrogen and oxygen atoms in total. The first-order valence-corrected chi connectivity index (χ1v) is 14.8. The van der Waals surface area contributed by atoms with Crippen LogP contribution in [0.15, 0.2) is 77.7 Å². The lowest BCUT2D eigenvalue weighted by molar-refractivity contribution is -0.140. The summed E-state index contributed by atoms with van der Waals surface area (Å²) in [6, 6.07) is 20.6. The summed E-state index contributed by atoms with van der Waals surface area (Å²) in [5.41, 5.74) is 4.08. The fourth-order valence-corrected chi connectivity index (χ4v) is 5.81. The molecular weight excluding hydrogens is 510 g/mol. The Morgan fingerprint density at radius 3 is 2.18 bits per heavy atom. The number of sulfonamides is 1. The second kappa shape index (κ2) is 13.4. The molecule has 2 amide bonds. The molecule has 0 radical (unpaired) electrons. The molecule has 0 saturated carbocycles. The molecule has 8 heteroatoms. The molecular formula is C31H39N3O4S. The first kappa shape index (κ1) is 29.9. The van der Waals surface area contributed by atoms with Gasteiger partial charge in [-0.2, -0.15) is 0 Å². The molecule has 1 N–H and O–H groups in total. The highest BCUT2D eigenvalue weighted by Crippen LogP contribution is 2.26. The highest BCUT2D eigenvalue weighted by Gasteiger charge is 2.33. The number of hydrogen-bond acceptors (Lipinski definition) is 4. The maximum absolute atomic E-state index is 14.1. The lowest BCUT2D eigenvalue weighted by Gasteiger charge is -2.33. The summed E-state index contributed by atoms with van der Waals surface area (Å²) < 4.78 is 29.0. The van der Waals surface area contributed by atoms with Crippen LogP contribution in [0.25, 0.3) is 0 Å². The van der Waals surface area contributed by atoms with Crippen molar-refractivity contribution in [3.63, 3.8) is 0 Å². The topological polar surface area (TPSA) is 86.8 Å². The molecule has 3 rings (SSSR count). The Morgan fingerprint density at radius 1 is 0.872 bits per heavy atom. The average molecular weight is 550 g/mol. The highest BCUT2D eigenvalue weighted by molar-refractivity contribution is 7.92. The number of rotatable bonds is 12. The summed E-state index contributed by atoms with van der Waals surface area (Å²) in [5, 5.41) is 2.91. The zero-order valence-corrected chi connectivity index (χ0v) is 24.3. The van der Waals surface area contributed by atoms with Crippen LogP contribution in [0.2, 0.25) is 0 Å². The van der Waals surface area contributed by atoms with E-state index in [2.05, 4.69) is 5.32 Å². The number of carbonyl (C=O) groups excluding carboxylic acids is 2. The second-order valence-corrected chi connectivity index (χ2v) is 11.7. The van der Waals surface area contributed by atoms with Crippen molar-refractivity contribution in [1.29, 1.82) is 0 Å². The number of benzene rings is 3. The predicted molar refractivity (Wildman–Crippen MR) is 156 cm³/mol. The van der Waals surface area contributed by atoms with Crippen molar-refractivity contribution < 1.29 is 18.0 Å². The Morgan fingerprint density at radius 2 is 1.56 bits per heavy atom. The fraction of sp³-hybridized carbons (Fsp3) is 0.355. The summed E-state index contributed by atoms with van der Waals surface area (Å²) >= 11 is 0. The van der Waals surface area contributed by atoms with E-state index in [0.29, 0.717) is 18.7 Å². The smallest absolute Gasteiger partial charge is 0.264 e. The molecule has 0 heterocycles. The van der Waals surface area contributed by atoms with Gasteiger partial charge < -0.3 is 10.2 Å². The van der Waals surface area contributed by atoms with Crippen LogP contribution in [0.1, 0.15) is 48.9 Å². The molecule has 0 fully saturated rings. The lowest BCUT2D eigenvalue weighted by Crippen LogP contribution is -2.52. The molecule has 0 aliphatic heterocycles. The lowest BCUT2D eigenvalue weighted by atomic mass is 10.1. The van der Waals surface area contributed by atoms with Gasteiger partial charge in [-0.3, -0.25) is 13.9 Å². The third-order valence-electron chi connectivity index (χ3n) is 6.71. The molecule has 39 heavy (non-hydrogen) atoms. The molecule has 208 valence electrons. The Labute approximate surface area is 232 Å². The Hall–Kier alpha value is -3.65. The van der Waals surface area contributed by atoms with Gasteiger partial charge in [0.2, 0.25) is 11.8 Å². The zero-order valence-electron chi connectivity index (χ0n) is 23.5. The average Bonchev–Trinajstić information content (AvgIpc) is 2.91. The van der Waals surface area contributed by atoms with Crippen LogP contribution in [0.3, 0.4) is 0 Å². The predicted octanol–water partition coefficient (Wildman–Crippen LogP) is 5.14. The Balaban J connectivity index is 2.06. The van der Waals surface area contributed by atoms with Crippen LogP contribution in [0, 0.1) is 20.8 Å². The monoisotopic (exact) mass is 549 g/mol. The molecule has 0 aromatic heterocycles. The van der Waals surface area contributed by atoms with E-state index in [0.717, 1.165) is 33.0 Å². The molecule has 3 aromatic carbocycles. The first-order valence-electron chi connectivity index (χ1n) is 13.4. The van der Waals surface area contributed by atoms with E-state index < -0.39 is 28.5 Å². The van der Waals surface area contributed by atoms with Gasteiger partial charge in [-0.1, -0.05) is 67.9 Å². The van der Waals surface area contributed by atoms with Crippen molar-refractivity contribution in [2.45, 2.75) is 64.9 Å². The van der Waals surface area contributed by atoms with E-state index in [1.54, 1.807) is 42.5 Å². The molecule has 0 unspecified atom stereocenters. The van der Waals surface area contributed by atoms with E-state index in [4.69, 9.17) is 0 Å². The first-order chi connectivity index (χ1) is 18.6. The van der Waals surface area contributed by atoms with Gasteiger partial charge in [0.15, 0.2) is 0 Å². The van der Waals surface area contributed by atoms with Gasteiger partial charge in [0.05, 0.1) is 10.6 Å². The van der Waals surface area contributed by atoms with Gasteiger partial charge in [0.25, 0.3) is 10.0 Å². The summed E-state index contributed by atoms with van der Waals surface area (Å²) in [6.07, 6.45) is 1.16. The third-order valence-corrected chi connectivity index (χ3v) is 8.50. The maximum atomic E-state index is 14.1. The van der Waals surface area contributed by atoms with Gasteiger partial charge in [-0.05, 0) is 74.6 Å². The standard InChI is InChI=1S/C31H39N3O4S/c1-6-19-32-31(36)29(7-2)33(21-26-13-9-8-12-25(26)5)30(35)22-34(27-14-10-11-24(4)20-27)39(37,38)28-17-15-23(3)16-18-28/h8-18,20,29H,6-7,19,21-22H2,1-5H3,(H,32,36)/t29-/m0/s1. The van der Waals surface area contributed by atoms with Gasteiger partial charge in [-0.15, -0.1) is 0 Å². The Kier molecular flexibility index (Phi) is 10.3. The van der Waals surface area contributed by atoms with Crippen molar-refractivity contribution in [2.75, 3.05) is 17.4 Å². The van der Waals surface area contributed by atoms with Crippen LogP contribution in [0.4, 0.5) is 5.69 Å². The number of amides is 2. The second-order valence-electron chi connectivity index (χ2n) is 9.83. The van der Waals surface area contributed by atoms with Crippen molar-refractivity contribution in [1.82, 2.24) is 10.2 Å². The van der Waals surface area contributed by atoms with Crippen LogP contribution >= 0.6 is 0 Å². The van der Waals surface area contributed by atoms with E-state index >= 15 is 0 Å². The fourth-order valence-electron chi connectivity index (χ4n) is 4.41. The van der Waals surface area contributed by atoms with E-state index in [1.165, 1.54) is 4.90 Å². The Bertz CT molecular complexity index is 1390. The largest absolute Gasteiger partial charge is 0.354 e. The van der Waals surface area contributed by atoms with Crippen LogP contribution in [-0.4, -0.2) is 44.3 Å². The van der Waals surface area contributed by atoms with Crippen molar-refractivity contribution in [3.8, 4) is 0 Å². The van der Waals surface area contributed by atoms with Gasteiger partial charge >= 0.3 is 0 Å². The number of carbonyl (C=O) groups is 2. The van der Waals surface area contributed by atoms with Gasteiger partial charge in [-0.25, -0.2) is 8.42 Å². The minimum Gasteiger partial charge on any atom is -0.354 e. The number of hydrogen-bond donors (Lipinski definition) is 1. The molecule has 0 saturated heterocycles. The maximum Gasteiger partial charge on any atom is 0.264 e. The van der Waals surface area contributed by atoms with E-state index in [1.807, 2.05) is 65.0 Å². The van der Waals surface area contributed by atoms with Crippen LogP contribution in [0.5, 0.6) is 0 Å². The van der Waals surface area contributed by atoms with Crippen molar-refractivity contribution in [3.05, 3.63) is 95.1 Å². The highest BCUT2D eigenvalue weighted by atomic mass is 32.2. The number of anilines is 1. The van der Waals surface area contributed by atoms with E-state index in [9.17, 15) is 18.0 Å². The third kappa shape index (κ3) is 7.47. The number of nitrogens with zero attached hydrogens (tertiary/aromatic N) is 2. The summed E-state index contributed by atoms with van der Waals surface area (Å²) in [5.74, 6) is -0.696. The summed E-state index contributed by atoms with van der Waals surface area (Å²) in [7, 11) is -4.08. The van der Waals surface area contributed by atoms with Gasteiger partial charge in [0.1, 0.15) is 12.6 Å². The van der Waals surface area contributed by atoms with E-state index in [-0.39, 0.29) is 17.3 Å². The molecule has 0 bridgehead atoms. The number of aryl methyl sites for hydroxylation is 3. The molecule has 0 spiro atoms. The van der Waals surface area contributed by atoms with Crippen LogP contribution in [-0.2, 0) is 26.2 Å². The minimum absolute atomic E-state index is 0.0978. The van der Waals surface area contributed by atoms with Crippen molar-refractivity contribution in [2.24, 2.45) is 0 Å². The normalized spacial score (nSPS) is 12.0. The zero-order chi connectivity index (χ0) is 28.6. The molecule has 1 atom stereocenters. The SMILES string of the molecule is CCCNC(=O)[C@H](CC)N(Cc1ccccc1C)C(=O)CN(c1cccc(C)c1)S(=O)(=O)c1ccc(C)cc1. The molecule has 3 aromatic rings. The molecule has 0 aliphatic carbocycles. The van der Waals surface area contributed by atoms with Crippen molar-refractivity contribution >= 4 is 27.5 Å². The minimum atomic E-state index is -4.08. The van der Waals surface area contributed by atoms with Gasteiger partial charge in [0, 0.05) is 13.1 Å². The molecule has 0 aliphatic rings. The van der Waals surface area contributed by atoms with Crippen LogP contribution < -0.4 is 9.62 Å². The summed E-state index contributed by atoms with van der Waals surface area (Å²) in [6.45, 7) is 9.78. The summed E-state index contributed by atoms with van der Waals surface area (Å²) in [4.78, 5) is 28.9.